The van der Waals surface area contributed by atoms with Gasteiger partial charge in [0.05, 0.1) is 6.20 Å². The van der Waals surface area contributed by atoms with Gasteiger partial charge in [-0.2, -0.15) is 10.1 Å². The second-order valence-corrected chi connectivity index (χ2v) is 5.37. The molecule has 3 aromatic rings. The van der Waals surface area contributed by atoms with E-state index < -0.39 is 0 Å². The van der Waals surface area contributed by atoms with E-state index in [-0.39, 0.29) is 0 Å². The molecule has 0 radical (unpaired) electrons. The molecule has 0 bridgehead atoms. The molecule has 0 saturated heterocycles. The maximum absolute atomic E-state index is 5.86. The van der Waals surface area contributed by atoms with Gasteiger partial charge in [-0.3, -0.25) is 4.68 Å². The fourth-order valence-corrected chi connectivity index (χ4v) is 2.23. The first-order chi connectivity index (χ1) is 10.2. The molecule has 3 rings (SSSR count). The van der Waals surface area contributed by atoms with E-state index in [4.69, 9.17) is 16.1 Å². The zero-order valence-electron chi connectivity index (χ0n) is 11.7. The number of aryl methyl sites for hydroxylation is 3. The highest BCUT2D eigenvalue weighted by Gasteiger charge is 2.08. The third-order valence-corrected chi connectivity index (χ3v) is 3.42. The van der Waals surface area contributed by atoms with Crippen LogP contribution in [0.4, 0.5) is 0 Å². The van der Waals surface area contributed by atoms with Crippen LogP contribution >= 0.6 is 11.6 Å². The lowest BCUT2D eigenvalue weighted by Gasteiger charge is -1.96. The van der Waals surface area contributed by atoms with Crippen LogP contribution in [0, 0.1) is 0 Å². The van der Waals surface area contributed by atoms with Crippen molar-refractivity contribution >= 4 is 11.6 Å². The summed E-state index contributed by atoms with van der Waals surface area (Å²) in [6.45, 7) is 0. The molecule has 2 aromatic heterocycles. The van der Waals surface area contributed by atoms with Gasteiger partial charge >= 0.3 is 0 Å². The van der Waals surface area contributed by atoms with Crippen LogP contribution < -0.4 is 0 Å². The quantitative estimate of drug-likeness (QED) is 0.727. The molecule has 0 unspecified atom stereocenters. The van der Waals surface area contributed by atoms with Crippen LogP contribution in [0.25, 0.3) is 0 Å². The predicted molar refractivity (Wildman–Crippen MR) is 79.2 cm³/mol. The highest BCUT2D eigenvalue weighted by Crippen LogP contribution is 2.13. The van der Waals surface area contributed by atoms with Gasteiger partial charge in [-0.25, -0.2) is 0 Å². The van der Waals surface area contributed by atoms with Gasteiger partial charge in [0.1, 0.15) is 0 Å². The zero-order chi connectivity index (χ0) is 14.7. The maximum atomic E-state index is 5.86. The lowest BCUT2D eigenvalue weighted by Crippen LogP contribution is -1.93. The zero-order valence-corrected chi connectivity index (χ0v) is 12.4. The Morgan fingerprint density at radius 1 is 1.14 bits per heavy atom. The minimum absolute atomic E-state index is 0.646. The number of nitrogens with zero attached hydrogens (tertiary/aromatic N) is 4. The molecular weight excluding hydrogens is 288 g/mol. The van der Waals surface area contributed by atoms with Crippen LogP contribution in [0.15, 0.2) is 41.2 Å². The second-order valence-electron chi connectivity index (χ2n) is 4.93. The van der Waals surface area contributed by atoms with Gasteiger partial charge in [-0.1, -0.05) is 28.9 Å². The van der Waals surface area contributed by atoms with Crippen molar-refractivity contribution in [3.05, 3.63) is 64.5 Å². The molecule has 21 heavy (non-hydrogen) atoms. The molecule has 5 nitrogen and oxygen atoms in total. The number of hydrogen-bond acceptors (Lipinski definition) is 4. The van der Waals surface area contributed by atoms with E-state index in [1.807, 2.05) is 43.7 Å². The lowest BCUT2D eigenvalue weighted by molar-refractivity contribution is 0.373. The summed E-state index contributed by atoms with van der Waals surface area (Å²) in [5, 5.41) is 8.87. The summed E-state index contributed by atoms with van der Waals surface area (Å²) in [6, 6.07) is 7.66. The van der Waals surface area contributed by atoms with E-state index in [1.165, 1.54) is 0 Å². The third-order valence-electron chi connectivity index (χ3n) is 3.17. The van der Waals surface area contributed by atoms with Crippen molar-refractivity contribution < 1.29 is 4.52 Å². The molecule has 0 spiro atoms. The van der Waals surface area contributed by atoms with Crippen LogP contribution in [0.5, 0.6) is 0 Å². The smallest absolute Gasteiger partial charge is 0.226 e. The molecule has 2 heterocycles. The van der Waals surface area contributed by atoms with Crippen LogP contribution in [0.2, 0.25) is 5.02 Å². The van der Waals surface area contributed by atoms with Crippen LogP contribution in [0.3, 0.4) is 0 Å². The Morgan fingerprint density at radius 2 is 1.95 bits per heavy atom. The number of benzene rings is 1. The highest BCUT2D eigenvalue weighted by atomic mass is 35.5. The Hall–Kier alpha value is -2.14. The van der Waals surface area contributed by atoms with Gasteiger partial charge in [-0.15, -0.1) is 0 Å². The summed E-state index contributed by atoms with van der Waals surface area (Å²) in [6.07, 6.45) is 6.05. The molecule has 0 aliphatic rings. The third kappa shape index (κ3) is 3.70. The average molecular weight is 303 g/mol. The van der Waals surface area contributed by atoms with Crippen molar-refractivity contribution in [1.29, 1.82) is 0 Å². The first-order valence-corrected chi connectivity index (χ1v) is 7.10. The van der Waals surface area contributed by atoms with Crippen LogP contribution in [-0.4, -0.2) is 19.9 Å². The standard InChI is InChI=1S/C15H15ClN4O/c1-20-10-12(9-17-20)4-7-15-18-14(19-21-15)8-11-2-5-13(16)6-3-11/h2-3,5-6,9-10H,4,7-8H2,1H3. The molecule has 0 amide bonds. The van der Waals surface area contributed by atoms with Crippen LogP contribution in [0.1, 0.15) is 22.8 Å². The second kappa shape index (κ2) is 6.10. The van der Waals surface area contributed by atoms with Gasteiger partial charge in [-0.05, 0) is 29.7 Å². The Bertz CT molecular complexity index is 717. The minimum Gasteiger partial charge on any atom is -0.339 e. The Labute approximate surface area is 127 Å². The fraction of sp³-hybridized carbons (Fsp3) is 0.267. The van der Waals surface area contributed by atoms with E-state index in [0.717, 1.165) is 29.0 Å². The number of hydrogen-bond donors (Lipinski definition) is 0. The molecule has 0 aliphatic heterocycles. The van der Waals surface area contributed by atoms with Gasteiger partial charge in [0.15, 0.2) is 5.82 Å². The van der Waals surface area contributed by atoms with Gasteiger partial charge in [0, 0.05) is 31.1 Å². The van der Waals surface area contributed by atoms with Crippen LogP contribution in [-0.2, 0) is 26.3 Å². The summed E-state index contributed by atoms with van der Waals surface area (Å²) in [7, 11) is 1.90. The predicted octanol–water partition coefficient (Wildman–Crippen LogP) is 2.83. The van der Waals surface area contributed by atoms with Crippen molar-refractivity contribution in [3.8, 4) is 0 Å². The van der Waals surface area contributed by atoms with Crippen molar-refractivity contribution in [3.63, 3.8) is 0 Å². The normalized spacial score (nSPS) is 11.0. The Balaban J connectivity index is 1.59. The fourth-order valence-electron chi connectivity index (χ4n) is 2.10. The molecule has 0 saturated carbocycles. The molecule has 6 heteroatoms. The summed E-state index contributed by atoms with van der Waals surface area (Å²) in [4.78, 5) is 4.41. The van der Waals surface area contributed by atoms with Gasteiger partial charge < -0.3 is 4.52 Å². The molecule has 1 aromatic carbocycles. The van der Waals surface area contributed by atoms with Crippen molar-refractivity contribution in [2.75, 3.05) is 0 Å². The monoisotopic (exact) mass is 302 g/mol. The average Bonchev–Trinajstić information content (AvgIpc) is 3.08. The van der Waals surface area contributed by atoms with E-state index >= 15 is 0 Å². The van der Waals surface area contributed by atoms with Crippen molar-refractivity contribution in [2.24, 2.45) is 7.05 Å². The SMILES string of the molecule is Cn1cc(CCc2nc(Cc3ccc(Cl)cc3)no2)cn1. The highest BCUT2D eigenvalue weighted by molar-refractivity contribution is 6.30. The molecule has 108 valence electrons. The molecule has 0 atom stereocenters. The van der Waals surface area contributed by atoms with E-state index in [2.05, 4.69) is 15.2 Å². The minimum atomic E-state index is 0.646. The lowest BCUT2D eigenvalue weighted by atomic mass is 10.1. The first-order valence-electron chi connectivity index (χ1n) is 6.72. The van der Waals surface area contributed by atoms with E-state index in [9.17, 15) is 0 Å². The Kier molecular flexibility index (Phi) is 4.01. The van der Waals surface area contributed by atoms with E-state index in [0.29, 0.717) is 18.1 Å². The molecule has 0 aliphatic carbocycles. The van der Waals surface area contributed by atoms with Crippen molar-refractivity contribution in [1.82, 2.24) is 19.9 Å². The maximum Gasteiger partial charge on any atom is 0.226 e. The number of halogens is 1. The number of rotatable bonds is 5. The summed E-state index contributed by atoms with van der Waals surface area (Å²) < 4.78 is 7.06. The largest absolute Gasteiger partial charge is 0.339 e. The van der Waals surface area contributed by atoms with Crippen molar-refractivity contribution in [2.45, 2.75) is 19.3 Å². The molecular formula is C15H15ClN4O. The Morgan fingerprint density at radius 3 is 2.67 bits per heavy atom. The molecule has 0 fully saturated rings. The molecule has 0 N–H and O–H groups in total. The topological polar surface area (TPSA) is 56.7 Å². The number of aromatic nitrogens is 4. The summed E-state index contributed by atoms with van der Waals surface area (Å²) >= 11 is 5.86. The van der Waals surface area contributed by atoms with E-state index in [1.54, 1.807) is 4.68 Å². The van der Waals surface area contributed by atoms with Gasteiger partial charge in [0.25, 0.3) is 0 Å². The van der Waals surface area contributed by atoms with Gasteiger partial charge in [0.2, 0.25) is 5.89 Å². The summed E-state index contributed by atoms with van der Waals surface area (Å²) in [5.41, 5.74) is 2.27. The first kappa shape index (κ1) is 13.8. The summed E-state index contributed by atoms with van der Waals surface area (Å²) in [5.74, 6) is 1.35.